The Bertz CT molecular complexity index is 427. The average Bonchev–Trinajstić information content (AvgIpc) is 2.89. The number of hydrogen-bond donors (Lipinski definition) is 0. The van der Waals surface area contributed by atoms with Crippen LogP contribution in [0.5, 0.6) is 0 Å². The Kier molecular flexibility index (Phi) is 5.13. The molecule has 1 aromatic rings. The molecule has 106 valence electrons. The van der Waals surface area contributed by atoms with Gasteiger partial charge in [0.2, 0.25) is 0 Å². The van der Waals surface area contributed by atoms with Gasteiger partial charge < -0.3 is 4.90 Å². The Morgan fingerprint density at radius 1 is 1.63 bits per heavy atom. The van der Waals surface area contributed by atoms with Crippen molar-refractivity contribution in [3.05, 3.63) is 28.2 Å². The van der Waals surface area contributed by atoms with Gasteiger partial charge in [-0.1, -0.05) is 12.2 Å². The first-order valence-corrected chi connectivity index (χ1v) is 7.87. The molecular formula is C15H25N3S. The van der Waals surface area contributed by atoms with E-state index in [1.807, 2.05) is 5.51 Å². The molecule has 1 saturated heterocycles. The van der Waals surface area contributed by atoms with Crippen molar-refractivity contribution in [3.8, 4) is 0 Å². The van der Waals surface area contributed by atoms with Crippen LogP contribution in [0.1, 0.15) is 23.9 Å². The maximum Gasteiger partial charge on any atom is 0.0798 e. The van der Waals surface area contributed by atoms with Crippen LogP contribution in [-0.2, 0) is 6.54 Å². The van der Waals surface area contributed by atoms with Crippen LogP contribution in [0.3, 0.4) is 0 Å². The molecule has 1 aromatic heterocycles. The van der Waals surface area contributed by atoms with Gasteiger partial charge in [0.15, 0.2) is 0 Å². The maximum absolute atomic E-state index is 4.32. The molecule has 0 saturated carbocycles. The van der Waals surface area contributed by atoms with E-state index in [4.69, 9.17) is 0 Å². The summed E-state index contributed by atoms with van der Waals surface area (Å²) in [6.07, 6.45) is 1.32. The molecule has 0 aliphatic carbocycles. The Balaban J connectivity index is 1.76. The summed E-state index contributed by atoms with van der Waals surface area (Å²) in [6.45, 7) is 14.0. The lowest BCUT2D eigenvalue weighted by molar-refractivity contribution is 0.263. The van der Waals surface area contributed by atoms with Crippen molar-refractivity contribution in [3.63, 3.8) is 0 Å². The minimum Gasteiger partial charge on any atom is -0.301 e. The topological polar surface area (TPSA) is 19.4 Å². The minimum atomic E-state index is 0.803. The monoisotopic (exact) mass is 279 g/mol. The zero-order chi connectivity index (χ0) is 13.8. The summed E-state index contributed by atoms with van der Waals surface area (Å²) in [6, 6.07) is 0. The molecule has 1 aliphatic rings. The van der Waals surface area contributed by atoms with Crippen LogP contribution in [0.15, 0.2) is 17.7 Å². The predicted octanol–water partition coefficient (Wildman–Crippen LogP) is 2.78. The van der Waals surface area contributed by atoms with E-state index in [0.717, 1.165) is 19.0 Å². The lowest BCUT2D eigenvalue weighted by Crippen LogP contribution is -2.28. The zero-order valence-electron chi connectivity index (χ0n) is 12.4. The van der Waals surface area contributed by atoms with E-state index in [9.17, 15) is 0 Å². The lowest BCUT2D eigenvalue weighted by atomic mass is 10.1. The van der Waals surface area contributed by atoms with Gasteiger partial charge in [-0.2, -0.15) is 0 Å². The Labute approximate surface area is 120 Å². The van der Waals surface area contributed by atoms with Crippen LogP contribution < -0.4 is 0 Å². The van der Waals surface area contributed by atoms with Crippen LogP contribution >= 0.6 is 11.3 Å². The van der Waals surface area contributed by atoms with E-state index in [1.54, 1.807) is 11.3 Å². The smallest absolute Gasteiger partial charge is 0.0798 e. The Hall–Kier alpha value is -0.710. The first-order valence-electron chi connectivity index (χ1n) is 6.99. The second kappa shape index (κ2) is 6.64. The van der Waals surface area contributed by atoms with Gasteiger partial charge in [0, 0.05) is 31.1 Å². The molecule has 19 heavy (non-hydrogen) atoms. The minimum absolute atomic E-state index is 0.803. The first kappa shape index (κ1) is 14.7. The summed E-state index contributed by atoms with van der Waals surface area (Å²) < 4.78 is 0. The summed E-state index contributed by atoms with van der Waals surface area (Å²) in [5.74, 6) is 0.803. The molecule has 1 fully saturated rings. The zero-order valence-corrected chi connectivity index (χ0v) is 13.2. The van der Waals surface area contributed by atoms with Crippen LogP contribution in [0.2, 0.25) is 0 Å². The van der Waals surface area contributed by atoms with Crippen molar-refractivity contribution in [2.24, 2.45) is 5.92 Å². The second-order valence-corrected chi connectivity index (χ2v) is 6.84. The molecule has 0 radical (unpaired) electrons. The summed E-state index contributed by atoms with van der Waals surface area (Å²) in [4.78, 5) is 10.7. The highest BCUT2D eigenvalue weighted by atomic mass is 32.1. The third kappa shape index (κ3) is 4.41. The summed E-state index contributed by atoms with van der Waals surface area (Å²) in [7, 11) is 2.22. The van der Waals surface area contributed by atoms with Gasteiger partial charge in [0.05, 0.1) is 11.2 Å². The first-order chi connectivity index (χ1) is 9.04. The third-order valence-corrected chi connectivity index (χ3v) is 4.61. The van der Waals surface area contributed by atoms with Gasteiger partial charge in [-0.15, -0.1) is 11.3 Å². The number of aryl methyl sites for hydroxylation is 1. The highest BCUT2D eigenvalue weighted by Gasteiger charge is 2.23. The number of aromatic nitrogens is 1. The number of hydrogen-bond acceptors (Lipinski definition) is 4. The van der Waals surface area contributed by atoms with Gasteiger partial charge in [-0.3, -0.25) is 4.90 Å². The summed E-state index contributed by atoms with van der Waals surface area (Å²) in [5.41, 5.74) is 4.41. The number of thiazole rings is 1. The number of rotatable bonds is 6. The largest absolute Gasteiger partial charge is 0.301 e. The van der Waals surface area contributed by atoms with E-state index in [1.165, 1.54) is 42.2 Å². The van der Waals surface area contributed by atoms with Crippen LogP contribution in [0, 0.1) is 12.8 Å². The molecule has 0 amide bonds. The highest BCUT2D eigenvalue weighted by molar-refractivity contribution is 7.09. The molecule has 1 aliphatic heterocycles. The molecule has 2 heterocycles. The molecule has 1 atom stereocenters. The molecule has 2 rings (SSSR count). The van der Waals surface area contributed by atoms with Gasteiger partial charge in [-0.05, 0) is 39.8 Å². The molecule has 3 nitrogen and oxygen atoms in total. The number of nitrogens with zero attached hydrogens (tertiary/aromatic N) is 3. The van der Waals surface area contributed by atoms with Gasteiger partial charge in [0.1, 0.15) is 0 Å². The molecular weight excluding hydrogens is 254 g/mol. The maximum atomic E-state index is 4.32. The molecule has 0 bridgehead atoms. The molecule has 1 unspecified atom stereocenters. The molecule has 4 heteroatoms. The fraction of sp³-hybridized carbons (Fsp3) is 0.667. The van der Waals surface area contributed by atoms with E-state index in [0.29, 0.717) is 0 Å². The normalized spacial score (nSPS) is 20.3. The molecule has 0 aromatic carbocycles. The standard InChI is InChI=1S/C15H25N3S/c1-12(2)7-18-6-5-14(9-18)8-17(4)10-15-13(3)16-11-19-15/h11,14H,1,5-10H2,2-4H3. The highest BCUT2D eigenvalue weighted by Crippen LogP contribution is 2.20. The van der Waals surface area contributed by atoms with Gasteiger partial charge in [-0.25, -0.2) is 4.98 Å². The van der Waals surface area contributed by atoms with E-state index in [2.05, 4.69) is 42.3 Å². The van der Waals surface area contributed by atoms with Gasteiger partial charge in [0.25, 0.3) is 0 Å². The van der Waals surface area contributed by atoms with Crippen LogP contribution in [0.25, 0.3) is 0 Å². The summed E-state index contributed by atoms with van der Waals surface area (Å²) in [5, 5.41) is 0. The van der Waals surface area contributed by atoms with E-state index >= 15 is 0 Å². The van der Waals surface area contributed by atoms with E-state index < -0.39 is 0 Å². The number of likely N-dealkylation sites (tertiary alicyclic amines) is 1. The molecule has 0 spiro atoms. The van der Waals surface area contributed by atoms with Crippen LogP contribution in [-0.4, -0.2) is 48.0 Å². The van der Waals surface area contributed by atoms with Crippen molar-refractivity contribution in [2.75, 3.05) is 33.2 Å². The quantitative estimate of drug-likeness (QED) is 0.747. The second-order valence-electron chi connectivity index (χ2n) is 5.90. The molecule has 0 N–H and O–H groups in total. The SMILES string of the molecule is C=C(C)CN1CCC(CN(C)Cc2scnc2C)C1. The van der Waals surface area contributed by atoms with Crippen molar-refractivity contribution in [2.45, 2.75) is 26.8 Å². The van der Waals surface area contributed by atoms with Crippen molar-refractivity contribution < 1.29 is 0 Å². The summed E-state index contributed by atoms with van der Waals surface area (Å²) >= 11 is 1.77. The predicted molar refractivity (Wildman–Crippen MR) is 82.5 cm³/mol. The van der Waals surface area contributed by atoms with Gasteiger partial charge >= 0.3 is 0 Å². The third-order valence-electron chi connectivity index (χ3n) is 3.69. The van der Waals surface area contributed by atoms with E-state index in [-0.39, 0.29) is 0 Å². The average molecular weight is 279 g/mol. The van der Waals surface area contributed by atoms with Crippen molar-refractivity contribution in [1.82, 2.24) is 14.8 Å². The fourth-order valence-electron chi connectivity index (χ4n) is 2.82. The lowest BCUT2D eigenvalue weighted by Gasteiger charge is -2.21. The van der Waals surface area contributed by atoms with Crippen molar-refractivity contribution in [1.29, 1.82) is 0 Å². The van der Waals surface area contributed by atoms with Crippen LogP contribution in [0.4, 0.5) is 0 Å². The Morgan fingerprint density at radius 3 is 3.05 bits per heavy atom. The Morgan fingerprint density at radius 2 is 2.42 bits per heavy atom. The fourth-order valence-corrected chi connectivity index (χ4v) is 3.67. The van der Waals surface area contributed by atoms with Crippen molar-refractivity contribution >= 4 is 11.3 Å².